The van der Waals surface area contributed by atoms with E-state index in [2.05, 4.69) is 27.8 Å². The van der Waals surface area contributed by atoms with Crippen molar-refractivity contribution in [3.05, 3.63) is 17.5 Å². The van der Waals surface area contributed by atoms with Gasteiger partial charge >= 0.3 is 0 Å². The maximum absolute atomic E-state index is 13.4. The molecular weight excluding hydrogens is 382 g/mol. The molecule has 4 rings (SSSR count). The molecule has 2 aliphatic carbocycles. The summed E-state index contributed by atoms with van der Waals surface area (Å²) < 4.78 is 32.2. The van der Waals surface area contributed by atoms with Crippen molar-refractivity contribution in [3.8, 4) is 0 Å². The molecule has 160 valence electrons. The van der Waals surface area contributed by atoms with Crippen LogP contribution in [-0.4, -0.2) is 53.2 Å². The summed E-state index contributed by atoms with van der Waals surface area (Å²) in [6.45, 7) is 3.28. The van der Waals surface area contributed by atoms with Gasteiger partial charge in [-0.15, -0.1) is 0 Å². The van der Waals surface area contributed by atoms with Crippen molar-refractivity contribution in [1.82, 2.24) is 20.8 Å². The monoisotopic (exact) mass is 410 g/mol. The third-order valence-corrected chi connectivity index (χ3v) is 6.63. The van der Waals surface area contributed by atoms with Gasteiger partial charge in [0.05, 0.1) is 5.54 Å². The molecule has 3 N–H and O–H groups in total. The molecule has 1 aliphatic heterocycles. The van der Waals surface area contributed by atoms with E-state index in [-0.39, 0.29) is 37.1 Å². The van der Waals surface area contributed by atoms with Crippen LogP contribution in [-0.2, 0) is 16.0 Å². The van der Waals surface area contributed by atoms with E-state index in [1.54, 1.807) is 6.07 Å². The van der Waals surface area contributed by atoms with Crippen LogP contribution in [0.4, 0.5) is 8.78 Å². The molecule has 1 aromatic rings. The lowest BCUT2D eigenvalue weighted by Gasteiger charge is -2.38. The third kappa shape index (κ3) is 4.01. The van der Waals surface area contributed by atoms with Gasteiger partial charge in [0, 0.05) is 43.2 Å². The molecular formula is C20H28F2N4O3. The summed E-state index contributed by atoms with van der Waals surface area (Å²) in [6, 6.07) is 1.75. The summed E-state index contributed by atoms with van der Waals surface area (Å²) in [4.78, 5) is 25.2. The van der Waals surface area contributed by atoms with Gasteiger partial charge in [-0.3, -0.25) is 14.7 Å². The van der Waals surface area contributed by atoms with Crippen molar-refractivity contribution >= 4 is 11.8 Å². The second-order valence-electron chi connectivity index (χ2n) is 8.65. The molecule has 2 saturated carbocycles. The van der Waals surface area contributed by atoms with Gasteiger partial charge in [0.15, 0.2) is 0 Å². The number of H-pyrrole nitrogens is 1. The van der Waals surface area contributed by atoms with E-state index in [1.807, 2.05) is 0 Å². The van der Waals surface area contributed by atoms with E-state index in [9.17, 15) is 18.4 Å². The Bertz CT molecular complexity index is 762. The van der Waals surface area contributed by atoms with E-state index >= 15 is 0 Å². The first kappa shape index (κ1) is 20.3. The highest BCUT2D eigenvalue weighted by molar-refractivity contribution is 5.93. The Hall–Kier alpha value is -2.03. The van der Waals surface area contributed by atoms with Crippen LogP contribution >= 0.6 is 0 Å². The average molecular weight is 410 g/mol. The second-order valence-corrected chi connectivity index (χ2v) is 8.65. The maximum Gasteiger partial charge on any atom is 0.272 e. The molecule has 2 amide bonds. The van der Waals surface area contributed by atoms with Crippen LogP contribution in [0.5, 0.6) is 0 Å². The van der Waals surface area contributed by atoms with Crippen LogP contribution in [0.1, 0.15) is 55.2 Å². The predicted octanol–water partition coefficient (Wildman–Crippen LogP) is 2.05. The van der Waals surface area contributed by atoms with Crippen LogP contribution < -0.4 is 10.6 Å². The summed E-state index contributed by atoms with van der Waals surface area (Å²) in [5.41, 5.74) is 0.604. The summed E-state index contributed by atoms with van der Waals surface area (Å²) in [5, 5.41) is 12.9. The molecule has 2 heterocycles. The summed E-state index contributed by atoms with van der Waals surface area (Å²) >= 11 is 0. The Morgan fingerprint density at radius 2 is 1.97 bits per heavy atom. The number of nitrogens with zero attached hydrogens (tertiary/aromatic N) is 1. The molecule has 0 bridgehead atoms. The van der Waals surface area contributed by atoms with Gasteiger partial charge in [0.25, 0.3) is 11.8 Å². The van der Waals surface area contributed by atoms with Gasteiger partial charge < -0.3 is 15.4 Å². The fourth-order valence-electron chi connectivity index (χ4n) is 4.72. The molecule has 0 radical (unpaired) electrons. The van der Waals surface area contributed by atoms with Crippen molar-refractivity contribution in [2.75, 3.05) is 19.8 Å². The molecule has 1 unspecified atom stereocenters. The first-order chi connectivity index (χ1) is 13.8. The number of carbonyl (C=O) groups is 2. The minimum absolute atomic E-state index is 0.196. The Kier molecular flexibility index (Phi) is 5.35. The molecule has 7 nitrogen and oxygen atoms in total. The molecule has 3 fully saturated rings. The molecule has 0 aromatic carbocycles. The molecule has 29 heavy (non-hydrogen) atoms. The number of nitrogens with one attached hydrogen (secondary N) is 3. The number of ether oxygens (including phenoxy) is 1. The number of aromatic amines is 1. The fourth-order valence-corrected chi connectivity index (χ4v) is 4.72. The first-order valence-electron chi connectivity index (χ1n) is 10.4. The van der Waals surface area contributed by atoms with Crippen molar-refractivity contribution in [2.45, 2.75) is 56.9 Å². The van der Waals surface area contributed by atoms with Crippen molar-refractivity contribution in [2.24, 2.45) is 17.8 Å². The number of rotatable bonds is 7. The molecule has 3 atom stereocenters. The van der Waals surface area contributed by atoms with Crippen molar-refractivity contribution in [1.29, 1.82) is 0 Å². The highest BCUT2D eigenvalue weighted by Crippen LogP contribution is 2.65. The van der Waals surface area contributed by atoms with Gasteiger partial charge in [-0.1, -0.05) is 13.3 Å². The number of carbonyl (C=O) groups excluding carboxylic acids is 2. The zero-order valence-electron chi connectivity index (χ0n) is 16.6. The van der Waals surface area contributed by atoms with Crippen LogP contribution in [0.25, 0.3) is 0 Å². The Morgan fingerprint density at radius 1 is 1.28 bits per heavy atom. The van der Waals surface area contributed by atoms with E-state index in [0.29, 0.717) is 31.7 Å². The topological polar surface area (TPSA) is 96.1 Å². The van der Waals surface area contributed by atoms with Crippen molar-refractivity contribution < 1.29 is 23.1 Å². The number of hydrogen-bond acceptors (Lipinski definition) is 4. The highest BCUT2D eigenvalue weighted by Gasteiger charge is 2.72. The number of hydrogen-bond donors (Lipinski definition) is 3. The van der Waals surface area contributed by atoms with Gasteiger partial charge in [0.2, 0.25) is 5.91 Å². The largest absolute Gasteiger partial charge is 0.381 e. The molecule has 3 aliphatic rings. The van der Waals surface area contributed by atoms with Crippen LogP contribution in [0, 0.1) is 17.8 Å². The first-order valence-corrected chi connectivity index (χ1v) is 10.4. The van der Waals surface area contributed by atoms with E-state index in [0.717, 1.165) is 18.5 Å². The number of aromatic nitrogens is 2. The minimum Gasteiger partial charge on any atom is -0.381 e. The van der Waals surface area contributed by atoms with Gasteiger partial charge in [-0.2, -0.15) is 5.10 Å². The third-order valence-electron chi connectivity index (χ3n) is 6.63. The summed E-state index contributed by atoms with van der Waals surface area (Å²) in [7, 11) is 0. The summed E-state index contributed by atoms with van der Waals surface area (Å²) in [6.07, 6.45) is 3.40. The van der Waals surface area contributed by atoms with E-state index in [1.165, 1.54) is 0 Å². The minimum atomic E-state index is -2.58. The highest BCUT2D eigenvalue weighted by atomic mass is 19.3. The lowest BCUT2D eigenvalue weighted by Crippen LogP contribution is -2.58. The quantitative estimate of drug-likeness (QED) is 0.641. The number of fused-ring (bicyclic) bond motifs is 1. The van der Waals surface area contributed by atoms with Crippen LogP contribution in [0.3, 0.4) is 0 Å². The SMILES string of the molecule is CCCc1cc(C(=O)NC2(CNC(=O)C3C[C@@H]4[C@H](C3)C4(F)F)CCOCC2)n[nH]1. The molecule has 9 heteroatoms. The Labute approximate surface area is 168 Å². The number of halogens is 2. The van der Waals surface area contributed by atoms with Gasteiger partial charge in [-0.25, -0.2) is 8.78 Å². The van der Waals surface area contributed by atoms with Crippen molar-refractivity contribution in [3.63, 3.8) is 0 Å². The molecule has 1 aromatic heterocycles. The zero-order valence-corrected chi connectivity index (χ0v) is 16.6. The molecule has 1 saturated heterocycles. The molecule has 0 spiro atoms. The standard InChI is InChI=1S/C20H28F2N4O3/c1-2-3-13-10-16(26-25-13)18(28)24-19(4-6-29-7-5-19)11-23-17(27)12-8-14-15(9-12)20(14,21)22/h10,12,14-15H,2-9,11H2,1H3,(H,23,27)(H,24,28)(H,25,26)/t12?,14-,15+. The predicted molar refractivity (Wildman–Crippen MR) is 100 cm³/mol. The smallest absolute Gasteiger partial charge is 0.272 e. The average Bonchev–Trinajstić information content (AvgIpc) is 3.16. The fraction of sp³-hybridized carbons (Fsp3) is 0.750. The lowest BCUT2D eigenvalue weighted by atomic mass is 9.89. The normalized spacial score (nSPS) is 29.1. The van der Waals surface area contributed by atoms with Gasteiger partial charge in [-0.05, 0) is 38.2 Å². The zero-order chi connectivity index (χ0) is 20.6. The van der Waals surface area contributed by atoms with Gasteiger partial charge in [0.1, 0.15) is 5.69 Å². The van der Waals surface area contributed by atoms with E-state index in [4.69, 9.17) is 4.74 Å². The second kappa shape index (κ2) is 7.66. The van der Waals surface area contributed by atoms with Crippen LogP contribution in [0.15, 0.2) is 6.07 Å². The summed E-state index contributed by atoms with van der Waals surface area (Å²) in [5.74, 6) is -4.69. The Balaban J connectivity index is 1.35. The van der Waals surface area contributed by atoms with E-state index < -0.39 is 23.3 Å². The lowest BCUT2D eigenvalue weighted by molar-refractivity contribution is -0.126. The maximum atomic E-state index is 13.4. The number of amides is 2. The van der Waals surface area contributed by atoms with Crippen LogP contribution in [0.2, 0.25) is 0 Å². The Morgan fingerprint density at radius 3 is 2.62 bits per heavy atom. The number of aryl methyl sites for hydroxylation is 1. The number of alkyl halides is 2.